The van der Waals surface area contributed by atoms with Crippen LogP contribution in [0.3, 0.4) is 0 Å². The summed E-state index contributed by atoms with van der Waals surface area (Å²) in [5.41, 5.74) is 5.99. The monoisotopic (exact) mass is 645 g/mol. The van der Waals surface area contributed by atoms with Crippen molar-refractivity contribution in [1.29, 1.82) is 0 Å². The van der Waals surface area contributed by atoms with Gasteiger partial charge in [0.05, 0.1) is 0 Å². The summed E-state index contributed by atoms with van der Waals surface area (Å²) in [5.74, 6) is 3.29. The first kappa shape index (κ1) is 37.2. The van der Waals surface area contributed by atoms with Crippen molar-refractivity contribution in [3.63, 3.8) is 0 Å². The third-order valence-corrected chi connectivity index (χ3v) is 12.7. The zero-order valence-electron chi connectivity index (χ0n) is 30.8. The Bertz CT molecular complexity index is 1080. The molecule has 0 amide bonds. The number of rotatable bonds is 11. The highest BCUT2D eigenvalue weighted by molar-refractivity contribution is 5.75. The molecule has 4 rings (SSSR count). The number of hydrogen-bond acceptors (Lipinski definition) is 7. The Kier molecular flexibility index (Phi) is 11.7. The van der Waals surface area contributed by atoms with Crippen molar-refractivity contribution in [3.8, 4) is 0 Å². The lowest BCUT2D eigenvalue weighted by molar-refractivity contribution is -0.165. The van der Waals surface area contributed by atoms with Gasteiger partial charge < -0.3 is 19.9 Å². The maximum Gasteiger partial charge on any atom is 0.323 e. The van der Waals surface area contributed by atoms with E-state index >= 15 is 0 Å². The van der Waals surface area contributed by atoms with E-state index in [2.05, 4.69) is 20.8 Å². The summed E-state index contributed by atoms with van der Waals surface area (Å²) in [6, 6.07) is -0.602. The van der Waals surface area contributed by atoms with Gasteiger partial charge in [0.15, 0.2) is 0 Å². The van der Waals surface area contributed by atoms with Crippen LogP contribution in [0.25, 0.3) is 0 Å². The number of carbonyl (C=O) groups excluding carboxylic acids is 3. The van der Waals surface area contributed by atoms with E-state index in [9.17, 15) is 14.4 Å². The van der Waals surface area contributed by atoms with E-state index < -0.39 is 17.2 Å². The van der Waals surface area contributed by atoms with Gasteiger partial charge in [0.1, 0.15) is 23.3 Å². The average Bonchev–Trinajstić information content (AvgIpc) is 3.28. The Morgan fingerprint density at radius 1 is 0.783 bits per heavy atom. The van der Waals surface area contributed by atoms with Crippen LogP contribution in [0.5, 0.6) is 0 Å². The maximum absolute atomic E-state index is 12.9. The highest BCUT2D eigenvalue weighted by Crippen LogP contribution is 2.68. The fourth-order valence-electron chi connectivity index (χ4n) is 10.7. The summed E-state index contributed by atoms with van der Waals surface area (Å²) in [6.07, 6.45) is 14.5. The van der Waals surface area contributed by atoms with Crippen LogP contribution in [0, 0.1) is 46.3 Å². The molecule has 0 saturated heterocycles. The van der Waals surface area contributed by atoms with Crippen LogP contribution in [0.4, 0.5) is 0 Å². The Morgan fingerprint density at radius 2 is 1.41 bits per heavy atom. The average molecular weight is 646 g/mol. The molecule has 0 aromatic heterocycles. The summed E-state index contributed by atoms with van der Waals surface area (Å²) < 4.78 is 17.1. The quantitative estimate of drug-likeness (QED) is 0.136. The van der Waals surface area contributed by atoms with E-state index in [0.717, 1.165) is 56.3 Å². The van der Waals surface area contributed by atoms with E-state index in [4.69, 9.17) is 19.9 Å². The van der Waals surface area contributed by atoms with Crippen LogP contribution >= 0.6 is 0 Å². The number of esters is 3. The largest absolute Gasteiger partial charge is 0.461 e. The van der Waals surface area contributed by atoms with Gasteiger partial charge in [-0.1, -0.05) is 33.6 Å². The van der Waals surface area contributed by atoms with Crippen LogP contribution < -0.4 is 5.73 Å². The number of unbranched alkanes of at least 4 members (excludes halogenated alkanes) is 2. The maximum atomic E-state index is 12.9. The molecule has 4 fully saturated rings. The number of carbonyl (C=O) groups is 3. The molecule has 264 valence electrons. The minimum absolute atomic E-state index is 0.0289. The molecular formula is C39H67NO6. The highest BCUT2D eigenvalue weighted by Gasteiger charge is 2.61. The molecule has 0 aliphatic heterocycles. The first-order valence-electron chi connectivity index (χ1n) is 18.7. The molecule has 46 heavy (non-hydrogen) atoms. The molecular weight excluding hydrogens is 578 g/mol. The van der Waals surface area contributed by atoms with Crippen LogP contribution in [-0.2, 0) is 28.6 Å². The summed E-state index contributed by atoms with van der Waals surface area (Å²) in [4.78, 5) is 37.6. The smallest absolute Gasteiger partial charge is 0.323 e. The van der Waals surface area contributed by atoms with Crippen LogP contribution in [-0.4, -0.2) is 41.3 Å². The molecule has 2 N–H and O–H groups in total. The zero-order valence-corrected chi connectivity index (χ0v) is 30.8. The summed E-state index contributed by atoms with van der Waals surface area (Å²) in [6.45, 7) is 18.9. The van der Waals surface area contributed by atoms with Gasteiger partial charge in [-0.2, -0.15) is 0 Å². The number of fused-ring (bicyclic) bond motifs is 5. The molecule has 4 saturated carbocycles. The standard InChI is InChI=1S/C39H67NO6/c1-25(23-34(42)46-37(5,6)7)29-17-18-30-28-16-15-26-24-27(19-21-38(26,8)31(28)20-22-39(29,30)9)44-35(43)32(40)13-11-10-12-14-33(41)45-36(2,3)4/h25-32H,10-24,40H2,1-9H3/t25-,26?,27-,28?,29?,30?,31?,32+,38+,39-/m1/s1. The lowest BCUT2D eigenvalue weighted by Crippen LogP contribution is -2.54. The third kappa shape index (κ3) is 8.88. The molecule has 0 heterocycles. The van der Waals surface area contributed by atoms with Gasteiger partial charge in [0.25, 0.3) is 0 Å². The van der Waals surface area contributed by atoms with Crippen molar-refractivity contribution in [2.45, 2.75) is 182 Å². The van der Waals surface area contributed by atoms with Gasteiger partial charge in [0.2, 0.25) is 0 Å². The van der Waals surface area contributed by atoms with Crippen molar-refractivity contribution in [2.75, 3.05) is 0 Å². The number of nitrogens with two attached hydrogens (primary N) is 1. The van der Waals surface area contributed by atoms with Crippen LogP contribution in [0.15, 0.2) is 0 Å². The van der Waals surface area contributed by atoms with E-state index in [0.29, 0.717) is 47.8 Å². The van der Waals surface area contributed by atoms with E-state index in [1.54, 1.807) is 0 Å². The Hall–Kier alpha value is -1.63. The SMILES string of the molecule is C[C@H](CC(=O)OC(C)(C)C)C1CCC2C3CCC4C[C@H](OC(=O)[C@@H](N)CCCCCC(=O)OC(C)(C)C)CC[C@]4(C)C3CC[C@@]21C. The van der Waals surface area contributed by atoms with Gasteiger partial charge in [-0.05, 0) is 159 Å². The molecule has 0 aromatic carbocycles. The number of hydrogen-bond donors (Lipinski definition) is 1. The summed E-state index contributed by atoms with van der Waals surface area (Å²) in [5, 5.41) is 0. The lowest BCUT2D eigenvalue weighted by Gasteiger charge is -2.61. The second kappa shape index (κ2) is 14.5. The predicted octanol–water partition coefficient (Wildman–Crippen LogP) is 8.54. The van der Waals surface area contributed by atoms with E-state index in [-0.39, 0.29) is 24.0 Å². The summed E-state index contributed by atoms with van der Waals surface area (Å²) in [7, 11) is 0. The number of ether oxygens (including phenoxy) is 3. The van der Waals surface area contributed by atoms with E-state index in [1.165, 1.54) is 38.5 Å². The minimum atomic E-state index is -0.602. The molecule has 0 spiro atoms. The Labute approximate surface area is 280 Å². The fraction of sp³-hybridized carbons (Fsp3) is 0.923. The van der Waals surface area contributed by atoms with Crippen molar-refractivity contribution in [3.05, 3.63) is 0 Å². The topological polar surface area (TPSA) is 105 Å². The lowest BCUT2D eigenvalue weighted by atomic mass is 9.44. The van der Waals surface area contributed by atoms with Crippen molar-refractivity contribution in [1.82, 2.24) is 0 Å². The summed E-state index contributed by atoms with van der Waals surface area (Å²) >= 11 is 0. The van der Waals surface area contributed by atoms with Crippen LogP contribution in [0.1, 0.15) is 159 Å². The van der Waals surface area contributed by atoms with Gasteiger partial charge >= 0.3 is 17.9 Å². The van der Waals surface area contributed by atoms with Gasteiger partial charge in [-0.25, -0.2) is 0 Å². The second-order valence-corrected chi connectivity index (χ2v) is 18.3. The molecule has 7 heteroatoms. The molecule has 0 bridgehead atoms. The minimum Gasteiger partial charge on any atom is -0.461 e. The first-order valence-corrected chi connectivity index (χ1v) is 18.7. The zero-order chi connectivity index (χ0) is 34.1. The van der Waals surface area contributed by atoms with Gasteiger partial charge in [0, 0.05) is 12.8 Å². The molecule has 5 unspecified atom stereocenters. The Morgan fingerprint density at radius 3 is 2.09 bits per heavy atom. The van der Waals surface area contributed by atoms with Gasteiger partial charge in [-0.15, -0.1) is 0 Å². The first-order chi connectivity index (χ1) is 21.3. The van der Waals surface area contributed by atoms with Gasteiger partial charge in [-0.3, -0.25) is 14.4 Å². The molecule has 0 aromatic rings. The predicted molar refractivity (Wildman–Crippen MR) is 182 cm³/mol. The van der Waals surface area contributed by atoms with Crippen molar-refractivity contribution < 1.29 is 28.6 Å². The Balaban J connectivity index is 1.24. The highest BCUT2D eigenvalue weighted by atomic mass is 16.6. The normalized spacial score (nSPS) is 35.6. The third-order valence-electron chi connectivity index (χ3n) is 12.7. The van der Waals surface area contributed by atoms with Crippen LogP contribution in [0.2, 0.25) is 0 Å². The fourth-order valence-corrected chi connectivity index (χ4v) is 10.7. The molecule has 4 aliphatic rings. The van der Waals surface area contributed by atoms with E-state index in [1.807, 2.05) is 41.5 Å². The molecule has 4 aliphatic carbocycles. The van der Waals surface area contributed by atoms with Crippen molar-refractivity contribution in [2.24, 2.45) is 52.1 Å². The molecule has 0 radical (unpaired) electrons. The molecule has 7 nitrogen and oxygen atoms in total. The molecule has 10 atom stereocenters. The van der Waals surface area contributed by atoms with Crippen molar-refractivity contribution >= 4 is 17.9 Å². The second-order valence-electron chi connectivity index (χ2n) is 18.3.